The predicted molar refractivity (Wildman–Crippen MR) is 101 cm³/mol. The van der Waals surface area contributed by atoms with Gasteiger partial charge in [-0.25, -0.2) is 0 Å². The molecule has 5 nitrogen and oxygen atoms in total. The molecular weight excluding hydrogens is 435 g/mol. The van der Waals surface area contributed by atoms with Gasteiger partial charge in [0, 0.05) is 16.4 Å². The highest BCUT2D eigenvalue weighted by molar-refractivity contribution is 9.10. The molecule has 1 aromatic carbocycles. The number of halogens is 3. The molecule has 3 rings (SSSR count). The van der Waals surface area contributed by atoms with Gasteiger partial charge in [0.2, 0.25) is 5.91 Å². The Morgan fingerprint density at radius 1 is 1.33 bits per heavy atom. The largest absolute Gasteiger partial charge is 0.325 e. The molecule has 124 valence electrons. The van der Waals surface area contributed by atoms with Gasteiger partial charge in [0.25, 0.3) is 0 Å². The first-order valence-electron chi connectivity index (χ1n) is 6.82. The first kappa shape index (κ1) is 17.5. The summed E-state index contributed by atoms with van der Waals surface area (Å²) in [7, 11) is 0. The fourth-order valence-corrected chi connectivity index (χ4v) is 3.78. The van der Waals surface area contributed by atoms with Gasteiger partial charge in [-0.3, -0.25) is 9.20 Å². The molecule has 0 bridgehead atoms. The predicted octanol–water partition coefficient (Wildman–Crippen LogP) is 4.84. The van der Waals surface area contributed by atoms with Crippen LogP contribution in [0, 0.1) is 6.92 Å². The van der Waals surface area contributed by atoms with E-state index in [0.717, 1.165) is 15.7 Å². The maximum absolute atomic E-state index is 12.2. The zero-order valence-corrected chi connectivity index (χ0v) is 16.3. The van der Waals surface area contributed by atoms with E-state index < -0.39 is 0 Å². The van der Waals surface area contributed by atoms with Crippen molar-refractivity contribution >= 4 is 68.1 Å². The summed E-state index contributed by atoms with van der Waals surface area (Å²) in [6.45, 7) is 1.93. The molecule has 0 spiro atoms. The Balaban J connectivity index is 1.70. The van der Waals surface area contributed by atoms with E-state index in [4.69, 9.17) is 23.2 Å². The van der Waals surface area contributed by atoms with E-state index in [1.54, 1.807) is 16.7 Å². The Kier molecular flexibility index (Phi) is 5.34. The average Bonchev–Trinajstić information content (AvgIpc) is 2.91. The average molecular weight is 446 g/mol. The van der Waals surface area contributed by atoms with Crippen LogP contribution in [0.25, 0.3) is 5.65 Å². The molecule has 9 heteroatoms. The Morgan fingerprint density at radius 2 is 2.12 bits per heavy atom. The van der Waals surface area contributed by atoms with Crippen LogP contribution in [0.2, 0.25) is 10.0 Å². The number of hydrogen-bond acceptors (Lipinski definition) is 4. The lowest BCUT2D eigenvalue weighted by atomic mass is 10.2. The molecule has 0 radical (unpaired) electrons. The third kappa shape index (κ3) is 3.85. The van der Waals surface area contributed by atoms with Crippen molar-refractivity contribution in [2.24, 2.45) is 0 Å². The van der Waals surface area contributed by atoms with Gasteiger partial charge in [-0.2, -0.15) is 0 Å². The topological polar surface area (TPSA) is 59.3 Å². The van der Waals surface area contributed by atoms with Crippen LogP contribution in [-0.4, -0.2) is 26.3 Å². The van der Waals surface area contributed by atoms with E-state index >= 15 is 0 Å². The molecule has 0 saturated heterocycles. The summed E-state index contributed by atoms with van der Waals surface area (Å²) in [5.74, 6) is 0.0655. The quantitative estimate of drug-likeness (QED) is 0.583. The number of aromatic nitrogens is 3. The van der Waals surface area contributed by atoms with Crippen LogP contribution in [0.4, 0.5) is 5.69 Å². The van der Waals surface area contributed by atoms with E-state index in [-0.39, 0.29) is 11.7 Å². The zero-order valence-electron chi connectivity index (χ0n) is 12.4. The molecular formula is C15H11BrCl2N4OS. The monoisotopic (exact) mass is 444 g/mol. The van der Waals surface area contributed by atoms with Gasteiger partial charge in [-0.15, -0.1) is 10.2 Å². The smallest absolute Gasteiger partial charge is 0.234 e. The van der Waals surface area contributed by atoms with Crippen molar-refractivity contribution in [2.75, 3.05) is 11.1 Å². The lowest BCUT2D eigenvalue weighted by Crippen LogP contribution is -2.15. The summed E-state index contributed by atoms with van der Waals surface area (Å²) in [5.41, 5.74) is 2.27. The van der Waals surface area contributed by atoms with Crippen molar-refractivity contribution in [1.29, 1.82) is 0 Å². The first-order chi connectivity index (χ1) is 11.4. The molecule has 1 N–H and O–H groups in total. The Morgan fingerprint density at radius 3 is 2.88 bits per heavy atom. The molecule has 24 heavy (non-hydrogen) atoms. The highest BCUT2D eigenvalue weighted by atomic mass is 79.9. The number of pyridine rings is 1. The van der Waals surface area contributed by atoms with E-state index in [2.05, 4.69) is 31.4 Å². The summed E-state index contributed by atoms with van der Waals surface area (Å²) in [6.07, 6.45) is 1.67. The maximum atomic E-state index is 12.2. The van der Waals surface area contributed by atoms with Crippen LogP contribution in [0.5, 0.6) is 0 Å². The number of nitrogens with one attached hydrogen (secondary N) is 1. The highest BCUT2D eigenvalue weighted by Gasteiger charge is 2.13. The van der Waals surface area contributed by atoms with E-state index in [1.807, 2.05) is 25.1 Å². The summed E-state index contributed by atoms with van der Waals surface area (Å²) in [4.78, 5) is 12.2. The van der Waals surface area contributed by atoms with E-state index in [9.17, 15) is 4.79 Å². The molecule has 0 aliphatic carbocycles. The lowest BCUT2D eigenvalue weighted by molar-refractivity contribution is -0.113. The second-order valence-corrected chi connectivity index (χ2v) is 7.68. The van der Waals surface area contributed by atoms with Gasteiger partial charge < -0.3 is 5.32 Å². The van der Waals surface area contributed by atoms with Crippen LogP contribution in [0.1, 0.15) is 5.56 Å². The second-order valence-electron chi connectivity index (χ2n) is 4.98. The van der Waals surface area contributed by atoms with Gasteiger partial charge in [-0.1, -0.05) is 50.9 Å². The molecule has 0 unspecified atom stereocenters. The van der Waals surface area contributed by atoms with Crippen LogP contribution in [-0.2, 0) is 4.79 Å². The minimum Gasteiger partial charge on any atom is -0.325 e. The second kappa shape index (κ2) is 7.31. The van der Waals surface area contributed by atoms with Crippen molar-refractivity contribution < 1.29 is 4.79 Å². The van der Waals surface area contributed by atoms with E-state index in [0.29, 0.717) is 20.8 Å². The number of fused-ring (bicyclic) bond motifs is 1. The highest BCUT2D eigenvalue weighted by Crippen LogP contribution is 2.25. The number of amides is 1. The molecule has 2 heterocycles. The third-order valence-corrected chi connectivity index (χ3v) is 5.11. The molecule has 1 amide bonds. The van der Waals surface area contributed by atoms with Crippen molar-refractivity contribution in [1.82, 2.24) is 14.6 Å². The van der Waals surface area contributed by atoms with Crippen molar-refractivity contribution in [3.63, 3.8) is 0 Å². The van der Waals surface area contributed by atoms with Crippen molar-refractivity contribution in [2.45, 2.75) is 12.1 Å². The maximum Gasteiger partial charge on any atom is 0.234 e. The third-order valence-electron chi connectivity index (χ3n) is 3.19. The minimum atomic E-state index is -0.129. The van der Waals surface area contributed by atoms with Gasteiger partial charge in [0.15, 0.2) is 10.8 Å². The minimum absolute atomic E-state index is 0.129. The molecule has 2 aromatic heterocycles. The zero-order chi connectivity index (χ0) is 17.3. The SMILES string of the molecule is Cc1cc(Br)ccc1NC(=O)CSc1nnc2c(Cl)cc(Cl)cn12. The number of carbonyl (C=O) groups excluding carboxylic acids is 1. The number of carbonyl (C=O) groups is 1. The fraction of sp³-hybridized carbons (Fsp3) is 0.133. The number of thioether (sulfide) groups is 1. The lowest BCUT2D eigenvalue weighted by Gasteiger charge is -2.08. The Labute approximate surface area is 160 Å². The molecule has 3 aromatic rings. The first-order valence-corrected chi connectivity index (χ1v) is 9.36. The van der Waals surface area contributed by atoms with Crippen LogP contribution in [0.3, 0.4) is 0 Å². The summed E-state index contributed by atoms with van der Waals surface area (Å²) >= 11 is 16.7. The Bertz CT molecular complexity index is 931. The van der Waals surface area contributed by atoms with Crippen molar-refractivity contribution in [3.05, 3.63) is 50.5 Å². The summed E-state index contributed by atoms with van der Waals surface area (Å²) < 4.78 is 2.64. The summed E-state index contributed by atoms with van der Waals surface area (Å²) in [5, 5.41) is 12.4. The molecule has 0 saturated carbocycles. The number of nitrogens with zero attached hydrogens (tertiary/aromatic N) is 3. The number of hydrogen-bond donors (Lipinski definition) is 1. The van der Waals surface area contributed by atoms with Gasteiger partial charge in [-0.05, 0) is 36.8 Å². The fourth-order valence-electron chi connectivity index (χ4n) is 2.08. The molecule has 0 aliphatic heterocycles. The molecule has 0 fully saturated rings. The number of aryl methyl sites for hydroxylation is 1. The van der Waals surface area contributed by atoms with Gasteiger partial charge >= 0.3 is 0 Å². The molecule has 0 aliphatic rings. The van der Waals surface area contributed by atoms with Crippen LogP contribution < -0.4 is 5.32 Å². The van der Waals surface area contributed by atoms with E-state index in [1.165, 1.54) is 11.8 Å². The van der Waals surface area contributed by atoms with Crippen molar-refractivity contribution in [3.8, 4) is 0 Å². The van der Waals surface area contributed by atoms with Gasteiger partial charge in [0.05, 0.1) is 15.8 Å². The van der Waals surface area contributed by atoms with Gasteiger partial charge in [0.1, 0.15) is 0 Å². The normalized spacial score (nSPS) is 11.0. The van der Waals surface area contributed by atoms with Crippen LogP contribution >= 0.6 is 50.9 Å². The van der Waals surface area contributed by atoms with Crippen LogP contribution in [0.15, 0.2) is 40.1 Å². The summed E-state index contributed by atoms with van der Waals surface area (Å²) in [6, 6.07) is 7.28. The number of benzene rings is 1. The number of rotatable bonds is 4. The molecule has 0 atom stereocenters. The Hall–Kier alpha value is -1.28. The standard InChI is InChI=1S/C15H11BrCl2N4OS/c1-8-4-9(16)2-3-12(8)19-13(23)7-24-15-21-20-14-11(18)5-10(17)6-22(14)15/h2-6H,7H2,1H3,(H,19,23). The number of anilines is 1.